The Kier molecular flexibility index (Phi) is 4.94. The summed E-state index contributed by atoms with van der Waals surface area (Å²) in [4.78, 5) is 11.4. The second-order valence-corrected chi connectivity index (χ2v) is 10.7. The van der Waals surface area contributed by atoms with Crippen molar-refractivity contribution in [2.75, 3.05) is 0 Å². The molecule has 1 N–H and O–H groups in total. The molecular formula is C25H38O2. The lowest BCUT2D eigenvalue weighted by molar-refractivity contribution is -0.112. The maximum atomic E-state index is 11.4. The number of hydrogen-bond donors (Lipinski definition) is 1. The fourth-order valence-corrected chi connectivity index (χ4v) is 7.97. The molecule has 8 atom stereocenters. The summed E-state index contributed by atoms with van der Waals surface area (Å²) in [6, 6.07) is 0. The third kappa shape index (κ3) is 3.07. The Hall–Kier alpha value is -0.890. The number of carbonyl (C=O) groups is 1. The molecule has 3 saturated carbocycles. The van der Waals surface area contributed by atoms with Gasteiger partial charge >= 0.3 is 0 Å². The molecule has 4 aliphatic rings. The Labute approximate surface area is 165 Å². The Morgan fingerprint density at radius 3 is 2.70 bits per heavy atom. The minimum atomic E-state index is -0.112. The van der Waals surface area contributed by atoms with Gasteiger partial charge in [-0.1, -0.05) is 38.5 Å². The average molecular weight is 371 g/mol. The maximum absolute atomic E-state index is 11.4. The Morgan fingerprint density at radius 2 is 1.96 bits per heavy atom. The van der Waals surface area contributed by atoms with Gasteiger partial charge in [-0.2, -0.15) is 0 Å². The number of aliphatic hydroxyl groups excluding tert-OH is 1. The number of allylic oxidation sites excluding steroid dienone is 3. The van der Waals surface area contributed by atoms with E-state index in [4.69, 9.17) is 0 Å². The minimum absolute atomic E-state index is 0.112. The summed E-state index contributed by atoms with van der Waals surface area (Å²) < 4.78 is 0. The molecule has 0 aromatic carbocycles. The highest BCUT2D eigenvalue weighted by atomic mass is 16.3. The largest absolute Gasteiger partial charge is 0.393 e. The molecule has 3 fully saturated rings. The van der Waals surface area contributed by atoms with E-state index in [1.54, 1.807) is 18.6 Å². The zero-order valence-electron chi connectivity index (χ0n) is 17.7. The van der Waals surface area contributed by atoms with Gasteiger partial charge in [0.15, 0.2) is 5.78 Å². The van der Waals surface area contributed by atoms with Gasteiger partial charge in [-0.15, -0.1) is 0 Å². The van der Waals surface area contributed by atoms with E-state index in [1.165, 1.54) is 38.5 Å². The molecule has 2 heteroatoms. The fourth-order valence-electron chi connectivity index (χ4n) is 7.97. The van der Waals surface area contributed by atoms with Gasteiger partial charge in [0.2, 0.25) is 0 Å². The molecule has 0 spiro atoms. The van der Waals surface area contributed by atoms with Crippen molar-refractivity contribution >= 4 is 5.78 Å². The van der Waals surface area contributed by atoms with Crippen LogP contribution in [0.3, 0.4) is 0 Å². The first-order valence-corrected chi connectivity index (χ1v) is 11.3. The summed E-state index contributed by atoms with van der Waals surface area (Å²) in [5.74, 6) is 3.84. The number of carbonyl (C=O) groups excluding carboxylic acids is 1. The number of hydrogen-bond acceptors (Lipinski definition) is 2. The van der Waals surface area contributed by atoms with Crippen LogP contribution in [-0.4, -0.2) is 17.0 Å². The lowest BCUT2D eigenvalue weighted by Crippen LogP contribution is -2.50. The first-order valence-electron chi connectivity index (χ1n) is 11.3. The van der Waals surface area contributed by atoms with E-state index in [2.05, 4.69) is 32.9 Å². The van der Waals surface area contributed by atoms with E-state index in [0.29, 0.717) is 22.7 Å². The molecule has 0 saturated heterocycles. The smallest absolute Gasteiger partial charge is 0.152 e. The second-order valence-electron chi connectivity index (χ2n) is 10.7. The Balaban J connectivity index is 1.58. The summed E-state index contributed by atoms with van der Waals surface area (Å²) in [6.07, 6.45) is 16.1. The summed E-state index contributed by atoms with van der Waals surface area (Å²) >= 11 is 0. The lowest BCUT2D eigenvalue weighted by atomic mass is 9.47. The van der Waals surface area contributed by atoms with Crippen molar-refractivity contribution in [1.82, 2.24) is 0 Å². The molecule has 0 heterocycles. The summed E-state index contributed by atoms with van der Waals surface area (Å²) in [5.41, 5.74) is 2.33. The van der Waals surface area contributed by atoms with Gasteiger partial charge < -0.3 is 5.11 Å². The van der Waals surface area contributed by atoms with E-state index in [1.807, 2.05) is 0 Å². The van der Waals surface area contributed by atoms with Gasteiger partial charge in [-0.05, 0) is 105 Å². The van der Waals surface area contributed by atoms with E-state index in [-0.39, 0.29) is 11.9 Å². The monoisotopic (exact) mass is 370 g/mol. The summed E-state index contributed by atoms with van der Waals surface area (Å²) in [5, 5.41) is 10.2. The van der Waals surface area contributed by atoms with Crippen molar-refractivity contribution < 1.29 is 9.90 Å². The van der Waals surface area contributed by atoms with Crippen LogP contribution in [0, 0.1) is 40.4 Å². The fraction of sp³-hybridized carbons (Fsp3) is 0.800. The van der Waals surface area contributed by atoms with Gasteiger partial charge in [0.1, 0.15) is 0 Å². The van der Waals surface area contributed by atoms with Crippen molar-refractivity contribution in [1.29, 1.82) is 0 Å². The van der Waals surface area contributed by atoms with Crippen molar-refractivity contribution in [2.45, 2.75) is 85.2 Å². The number of rotatable bonds is 3. The highest BCUT2D eigenvalue weighted by molar-refractivity contribution is 5.87. The van der Waals surface area contributed by atoms with Crippen LogP contribution in [0.15, 0.2) is 23.8 Å². The third-order valence-electron chi connectivity index (χ3n) is 9.42. The number of aliphatic hydroxyl groups is 1. The summed E-state index contributed by atoms with van der Waals surface area (Å²) in [6.45, 7) is 9.05. The molecule has 0 amide bonds. The van der Waals surface area contributed by atoms with Gasteiger partial charge in [-0.25, -0.2) is 0 Å². The van der Waals surface area contributed by atoms with Crippen LogP contribution in [0.1, 0.15) is 79.1 Å². The normalized spacial score (nSPS) is 47.7. The van der Waals surface area contributed by atoms with E-state index >= 15 is 0 Å². The van der Waals surface area contributed by atoms with E-state index < -0.39 is 0 Å². The molecule has 0 aromatic heterocycles. The molecule has 0 aliphatic heterocycles. The SMILES string of the molecule is CC(=O)/C=C/[C@@H](C)[C@H]1CC[C@@H]2[C@H]3CC=C4C[C@@H](O)CC[C@]4(C)[C@@H]3CC[C@@]21C. The second kappa shape index (κ2) is 6.87. The Morgan fingerprint density at radius 1 is 1.19 bits per heavy atom. The van der Waals surface area contributed by atoms with Crippen LogP contribution >= 0.6 is 0 Å². The zero-order valence-corrected chi connectivity index (χ0v) is 17.7. The first kappa shape index (κ1) is 19.4. The molecule has 0 bridgehead atoms. The van der Waals surface area contributed by atoms with Gasteiger partial charge in [0.05, 0.1) is 6.10 Å². The van der Waals surface area contributed by atoms with Crippen LogP contribution in [0.2, 0.25) is 0 Å². The minimum Gasteiger partial charge on any atom is -0.393 e. The van der Waals surface area contributed by atoms with E-state index in [9.17, 15) is 9.90 Å². The van der Waals surface area contributed by atoms with Crippen molar-refractivity contribution in [3.8, 4) is 0 Å². The molecule has 4 rings (SSSR count). The van der Waals surface area contributed by atoms with Gasteiger partial charge in [0.25, 0.3) is 0 Å². The molecule has 0 unspecified atom stereocenters. The van der Waals surface area contributed by atoms with Gasteiger partial charge in [0, 0.05) is 0 Å². The lowest BCUT2D eigenvalue weighted by Gasteiger charge is -2.58. The number of ketones is 1. The molecule has 0 radical (unpaired) electrons. The van der Waals surface area contributed by atoms with Crippen LogP contribution in [0.5, 0.6) is 0 Å². The summed E-state index contributed by atoms with van der Waals surface area (Å²) in [7, 11) is 0. The number of fused-ring (bicyclic) bond motifs is 5. The van der Waals surface area contributed by atoms with E-state index in [0.717, 1.165) is 30.6 Å². The van der Waals surface area contributed by atoms with Crippen LogP contribution in [-0.2, 0) is 4.79 Å². The maximum Gasteiger partial charge on any atom is 0.152 e. The molecule has 150 valence electrons. The third-order valence-corrected chi connectivity index (χ3v) is 9.42. The highest BCUT2D eigenvalue weighted by Crippen LogP contribution is 2.67. The molecule has 2 nitrogen and oxygen atoms in total. The van der Waals surface area contributed by atoms with Crippen LogP contribution in [0.25, 0.3) is 0 Å². The van der Waals surface area contributed by atoms with Crippen molar-refractivity contribution in [2.24, 2.45) is 40.4 Å². The topological polar surface area (TPSA) is 37.3 Å². The quantitative estimate of drug-likeness (QED) is 0.510. The standard InChI is InChI=1S/C25H38O2/c1-16(5-6-17(2)26)21-9-10-22-20-8-7-18-15-19(27)11-13-24(18,3)23(20)12-14-25(21,22)4/h5-7,16,19-23,27H,8-15H2,1-4H3/b6-5+/t16-,19+,20-,21-,22-,23-,24+,25-/m1/s1. The molecular weight excluding hydrogens is 332 g/mol. The Bertz CT molecular complexity index is 661. The van der Waals surface area contributed by atoms with Crippen LogP contribution < -0.4 is 0 Å². The predicted octanol–water partition coefficient (Wildman–Crippen LogP) is 5.71. The highest BCUT2D eigenvalue weighted by Gasteiger charge is 2.58. The first-order chi connectivity index (χ1) is 12.8. The van der Waals surface area contributed by atoms with Gasteiger partial charge in [-0.3, -0.25) is 4.79 Å². The molecule has 4 aliphatic carbocycles. The average Bonchev–Trinajstić information content (AvgIpc) is 2.97. The molecule has 0 aromatic rings. The van der Waals surface area contributed by atoms with Crippen molar-refractivity contribution in [3.63, 3.8) is 0 Å². The van der Waals surface area contributed by atoms with Crippen LogP contribution in [0.4, 0.5) is 0 Å². The zero-order chi connectivity index (χ0) is 19.4. The van der Waals surface area contributed by atoms with Crippen molar-refractivity contribution in [3.05, 3.63) is 23.8 Å². The predicted molar refractivity (Wildman–Crippen MR) is 110 cm³/mol. The molecule has 27 heavy (non-hydrogen) atoms.